The number of hydrogen-bond donors (Lipinski definition) is 2. The third kappa shape index (κ3) is 4.53. The van der Waals surface area contributed by atoms with Gasteiger partial charge in [-0.1, -0.05) is 6.07 Å². The minimum atomic E-state index is -0.840. The number of carboxylic acid groups (broad SMARTS) is 1. The Morgan fingerprint density at radius 1 is 1.60 bits per heavy atom. The molecule has 1 heterocycles. The lowest BCUT2D eigenvalue weighted by atomic mass is 10.2. The Bertz CT molecular complexity index is 303. The van der Waals surface area contributed by atoms with Crippen LogP contribution in [0.1, 0.15) is 5.56 Å². The Morgan fingerprint density at radius 2 is 2.40 bits per heavy atom. The van der Waals surface area contributed by atoms with Crippen LogP contribution in [0.2, 0.25) is 0 Å². The number of aliphatic carboxylic acids is 1. The van der Waals surface area contributed by atoms with Crippen LogP contribution < -0.4 is 5.73 Å². The quantitative estimate of drug-likeness (QED) is 0.685. The van der Waals surface area contributed by atoms with E-state index in [1.54, 1.807) is 17.3 Å². The molecule has 1 rings (SSSR count). The highest BCUT2D eigenvalue weighted by Crippen LogP contribution is 2.01. The molecule has 82 valence electrons. The van der Waals surface area contributed by atoms with Gasteiger partial charge in [0.1, 0.15) is 0 Å². The van der Waals surface area contributed by atoms with Gasteiger partial charge in [0.2, 0.25) is 0 Å². The number of nitrogens with two attached hydrogens (primary N) is 1. The number of rotatable bonds is 6. The van der Waals surface area contributed by atoms with Crippen LogP contribution in [0.15, 0.2) is 24.5 Å². The summed E-state index contributed by atoms with van der Waals surface area (Å²) in [4.78, 5) is 16.3. The summed E-state index contributed by atoms with van der Waals surface area (Å²) in [5.74, 6) is -0.840. The number of aromatic nitrogens is 1. The summed E-state index contributed by atoms with van der Waals surface area (Å²) < 4.78 is 0. The smallest absolute Gasteiger partial charge is 0.317 e. The first kappa shape index (κ1) is 11.6. The van der Waals surface area contributed by atoms with Crippen LogP contribution in [0, 0.1) is 0 Å². The van der Waals surface area contributed by atoms with Gasteiger partial charge < -0.3 is 10.8 Å². The van der Waals surface area contributed by atoms with Crippen molar-refractivity contribution in [2.45, 2.75) is 6.54 Å². The van der Waals surface area contributed by atoms with Gasteiger partial charge in [-0.05, 0) is 11.6 Å². The molecule has 0 spiro atoms. The van der Waals surface area contributed by atoms with E-state index in [1.807, 2.05) is 12.1 Å². The zero-order chi connectivity index (χ0) is 11.1. The van der Waals surface area contributed by atoms with Crippen LogP contribution in [-0.4, -0.2) is 40.6 Å². The van der Waals surface area contributed by atoms with Gasteiger partial charge in [0.25, 0.3) is 0 Å². The molecule has 5 nitrogen and oxygen atoms in total. The number of nitrogens with zero attached hydrogens (tertiary/aromatic N) is 2. The molecule has 0 atom stereocenters. The second-order valence-electron chi connectivity index (χ2n) is 3.25. The van der Waals surface area contributed by atoms with Crippen molar-refractivity contribution in [1.82, 2.24) is 9.88 Å². The van der Waals surface area contributed by atoms with E-state index in [0.717, 1.165) is 5.56 Å². The second kappa shape index (κ2) is 6.10. The maximum absolute atomic E-state index is 10.6. The predicted molar refractivity (Wildman–Crippen MR) is 56.2 cm³/mol. The molecule has 0 aliphatic rings. The molecule has 5 heteroatoms. The van der Waals surface area contributed by atoms with Gasteiger partial charge in [0.05, 0.1) is 6.54 Å². The number of carboxylic acids is 1. The molecule has 1 aromatic heterocycles. The van der Waals surface area contributed by atoms with Gasteiger partial charge in [0, 0.05) is 32.0 Å². The standard InChI is InChI=1S/C10H15N3O2/c11-3-5-13(8-10(14)15)7-9-2-1-4-12-6-9/h1-2,4,6H,3,5,7-8,11H2,(H,14,15). The SMILES string of the molecule is NCCN(CC(=O)O)Cc1cccnc1. The van der Waals surface area contributed by atoms with Gasteiger partial charge in [-0.2, -0.15) is 0 Å². The van der Waals surface area contributed by atoms with Crippen LogP contribution >= 0.6 is 0 Å². The maximum atomic E-state index is 10.6. The monoisotopic (exact) mass is 209 g/mol. The summed E-state index contributed by atoms with van der Waals surface area (Å²) >= 11 is 0. The van der Waals surface area contributed by atoms with Crippen molar-refractivity contribution < 1.29 is 9.90 Å². The molecular weight excluding hydrogens is 194 g/mol. The summed E-state index contributed by atoms with van der Waals surface area (Å²) in [6.45, 7) is 1.60. The topological polar surface area (TPSA) is 79.5 Å². The average molecular weight is 209 g/mol. The summed E-state index contributed by atoms with van der Waals surface area (Å²) in [6.07, 6.45) is 3.42. The molecule has 0 aromatic carbocycles. The molecule has 0 saturated heterocycles. The van der Waals surface area contributed by atoms with Crippen molar-refractivity contribution in [2.24, 2.45) is 5.73 Å². The molecule has 3 N–H and O–H groups in total. The van der Waals surface area contributed by atoms with E-state index in [9.17, 15) is 4.79 Å². The van der Waals surface area contributed by atoms with Crippen LogP contribution in [0.3, 0.4) is 0 Å². The highest BCUT2D eigenvalue weighted by atomic mass is 16.4. The van der Waals surface area contributed by atoms with Crippen molar-refractivity contribution in [3.8, 4) is 0 Å². The van der Waals surface area contributed by atoms with Crippen molar-refractivity contribution in [3.05, 3.63) is 30.1 Å². The predicted octanol–water partition coefficient (Wildman–Crippen LogP) is -0.0731. The Hall–Kier alpha value is -1.46. The largest absolute Gasteiger partial charge is 0.480 e. The van der Waals surface area contributed by atoms with Crippen molar-refractivity contribution in [3.63, 3.8) is 0 Å². The molecular formula is C10H15N3O2. The molecule has 0 amide bonds. The van der Waals surface area contributed by atoms with Crippen LogP contribution in [0.25, 0.3) is 0 Å². The molecule has 0 unspecified atom stereocenters. The first-order valence-corrected chi connectivity index (χ1v) is 4.75. The fraction of sp³-hybridized carbons (Fsp3) is 0.400. The Kier molecular flexibility index (Phi) is 4.73. The van der Waals surface area contributed by atoms with Crippen molar-refractivity contribution in [1.29, 1.82) is 0 Å². The fourth-order valence-electron chi connectivity index (χ4n) is 1.34. The van der Waals surface area contributed by atoms with Crippen LogP contribution in [-0.2, 0) is 11.3 Å². The molecule has 0 aliphatic heterocycles. The zero-order valence-electron chi connectivity index (χ0n) is 8.47. The van der Waals surface area contributed by atoms with E-state index in [4.69, 9.17) is 10.8 Å². The molecule has 1 aromatic rings. The number of hydrogen-bond acceptors (Lipinski definition) is 4. The van der Waals surface area contributed by atoms with Gasteiger partial charge in [0.15, 0.2) is 0 Å². The average Bonchev–Trinajstić information content (AvgIpc) is 2.18. The lowest BCUT2D eigenvalue weighted by molar-refractivity contribution is -0.138. The fourth-order valence-corrected chi connectivity index (χ4v) is 1.34. The lowest BCUT2D eigenvalue weighted by Gasteiger charge is -2.18. The van der Waals surface area contributed by atoms with Crippen LogP contribution in [0.5, 0.6) is 0 Å². The molecule has 0 radical (unpaired) electrons. The third-order valence-electron chi connectivity index (χ3n) is 1.93. The van der Waals surface area contributed by atoms with Gasteiger partial charge in [-0.25, -0.2) is 0 Å². The minimum Gasteiger partial charge on any atom is -0.480 e. The first-order chi connectivity index (χ1) is 7.22. The normalized spacial score (nSPS) is 10.5. The summed E-state index contributed by atoms with van der Waals surface area (Å²) in [7, 11) is 0. The summed E-state index contributed by atoms with van der Waals surface area (Å²) in [6, 6.07) is 3.75. The number of pyridine rings is 1. The Morgan fingerprint density at radius 3 is 2.93 bits per heavy atom. The van der Waals surface area contributed by atoms with E-state index in [2.05, 4.69) is 4.98 Å². The Balaban J connectivity index is 2.54. The highest BCUT2D eigenvalue weighted by molar-refractivity contribution is 5.69. The van der Waals surface area contributed by atoms with Gasteiger partial charge in [-0.3, -0.25) is 14.7 Å². The van der Waals surface area contributed by atoms with E-state index < -0.39 is 5.97 Å². The highest BCUT2D eigenvalue weighted by Gasteiger charge is 2.08. The van der Waals surface area contributed by atoms with Gasteiger partial charge >= 0.3 is 5.97 Å². The van der Waals surface area contributed by atoms with E-state index >= 15 is 0 Å². The Labute approximate surface area is 88.5 Å². The minimum absolute atomic E-state index is 0.00605. The third-order valence-corrected chi connectivity index (χ3v) is 1.93. The molecule has 0 fully saturated rings. The summed E-state index contributed by atoms with van der Waals surface area (Å²) in [5.41, 5.74) is 6.40. The second-order valence-corrected chi connectivity index (χ2v) is 3.25. The van der Waals surface area contributed by atoms with E-state index in [1.165, 1.54) is 0 Å². The van der Waals surface area contributed by atoms with E-state index in [-0.39, 0.29) is 6.54 Å². The molecule has 0 bridgehead atoms. The first-order valence-electron chi connectivity index (χ1n) is 4.75. The number of carbonyl (C=O) groups is 1. The zero-order valence-corrected chi connectivity index (χ0v) is 8.47. The maximum Gasteiger partial charge on any atom is 0.317 e. The van der Waals surface area contributed by atoms with Crippen molar-refractivity contribution >= 4 is 5.97 Å². The lowest BCUT2D eigenvalue weighted by Crippen LogP contribution is -2.33. The molecule has 0 aliphatic carbocycles. The van der Waals surface area contributed by atoms with E-state index in [0.29, 0.717) is 19.6 Å². The molecule has 0 saturated carbocycles. The van der Waals surface area contributed by atoms with Crippen molar-refractivity contribution in [2.75, 3.05) is 19.6 Å². The summed E-state index contributed by atoms with van der Waals surface area (Å²) in [5, 5.41) is 8.69. The molecule has 15 heavy (non-hydrogen) atoms. The van der Waals surface area contributed by atoms with Gasteiger partial charge in [-0.15, -0.1) is 0 Å². The van der Waals surface area contributed by atoms with Crippen LogP contribution in [0.4, 0.5) is 0 Å².